The molecule has 3 aromatic rings. The second kappa shape index (κ2) is 19.8. The summed E-state index contributed by atoms with van der Waals surface area (Å²) in [5.41, 5.74) is 1.13. The van der Waals surface area contributed by atoms with Crippen molar-refractivity contribution >= 4 is 64.1 Å². The number of carboxylic acid groups (broad SMARTS) is 1. The van der Waals surface area contributed by atoms with Gasteiger partial charge < -0.3 is 62.0 Å². The van der Waals surface area contributed by atoms with E-state index in [1.807, 2.05) is 0 Å². The summed E-state index contributed by atoms with van der Waals surface area (Å²) in [7, 11) is 0. The SMILES string of the molecule is CC(C)[C@@H]1NC(=O)[C@H](NC(=O)[C@@H](Cc2ccc(O)cc2)NC(=O)[C@@H]2CCCN2C(=O)[C@H]2CCC(=O)N2)n2cc(c3ccccc32)C[C@H](C(=O)O)NC(=O)[C@H](CO)NC(=O)CNC1=O. The van der Waals surface area contributed by atoms with Crippen molar-refractivity contribution in [1.82, 2.24) is 46.7 Å². The van der Waals surface area contributed by atoms with Crippen LogP contribution < -0.4 is 37.2 Å². The number of phenolic OH excluding ortho intramolecular Hbond substituents is 1. The minimum Gasteiger partial charge on any atom is -0.508 e. The van der Waals surface area contributed by atoms with E-state index in [0.29, 0.717) is 28.5 Å². The van der Waals surface area contributed by atoms with Gasteiger partial charge in [-0.15, -0.1) is 0 Å². The minimum atomic E-state index is -1.68. The molecule has 336 valence electrons. The van der Waals surface area contributed by atoms with E-state index in [9.17, 15) is 58.5 Å². The van der Waals surface area contributed by atoms with Crippen molar-refractivity contribution in [3.8, 4) is 5.75 Å². The number of aromatic nitrogens is 1. The molecule has 2 bridgehead atoms. The van der Waals surface area contributed by atoms with Gasteiger partial charge in [0.25, 0.3) is 5.91 Å². The number of fused-ring (bicyclic) bond motifs is 5. The number of para-hydroxylation sites is 1. The number of aromatic hydroxyl groups is 1. The number of hydrogen-bond donors (Lipinski definition) is 10. The van der Waals surface area contributed by atoms with Gasteiger partial charge in [-0.3, -0.25) is 38.4 Å². The standard InChI is InChI=1S/C42H51N9O12/c1-21(2)34-39(59)43-18-33(55)45-29(20-52)37(57)47-28(42(62)63)17-23-19-51(30-7-4-3-6-25(23)30)35(40(60)48-34)49-36(56)27(16-22-9-11-24(53)12-10-22)46-38(58)31-8-5-15-50(31)41(61)26-13-14-32(54)44-26/h3-4,6-7,9-12,19,21,26-29,31,34-35,52-53H,5,8,13-18,20H2,1-2H3,(H,43,59)(H,44,54)(H,45,55)(H,46,58)(H,47,57)(H,48,60)(H,49,56)(H,62,63)/t26-,27-,28-,29+,31+,34+,35-/m1/s1. The van der Waals surface area contributed by atoms with Gasteiger partial charge in [0.2, 0.25) is 41.4 Å². The van der Waals surface area contributed by atoms with Crippen LogP contribution in [0.5, 0.6) is 5.75 Å². The number of phenols is 1. The van der Waals surface area contributed by atoms with E-state index in [2.05, 4.69) is 37.2 Å². The Hall–Kier alpha value is -7.03. The highest BCUT2D eigenvalue weighted by Crippen LogP contribution is 2.27. The second-order valence-electron chi connectivity index (χ2n) is 16.1. The van der Waals surface area contributed by atoms with E-state index in [-0.39, 0.29) is 50.3 Å². The molecule has 6 rings (SSSR count). The molecule has 0 spiro atoms. The van der Waals surface area contributed by atoms with E-state index in [0.717, 1.165) is 0 Å². The zero-order valence-electron chi connectivity index (χ0n) is 34.6. The molecule has 10 N–H and O–H groups in total. The number of aliphatic hydroxyl groups is 1. The molecule has 2 fully saturated rings. The number of amides is 8. The van der Waals surface area contributed by atoms with Gasteiger partial charge in [-0.25, -0.2) is 4.79 Å². The fraction of sp³-hybridized carbons (Fsp3) is 0.452. The van der Waals surface area contributed by atoms with Gasteiger partial charge >= 0.3 is 5.97 Å². The molecule has 1 aromatic heterocycles. The number of carbonyl (C=O) groups excluding carboxylic acids is 8. The van der Waals surface area contributed by atoms with Crippen LogP contribution in [0, 0.1) is 5.92 Å². The maximum absolute atomic E-state index is 14.7. The van der Waals surface area contributed by atoms with E-state index >= 15 is 0 Å². The molecular weight excluding hydrogens is 823 g/mol. The summed E-state index contributed by atoms with van der Waals surface area (Å²) in [4.78, 5) is 122. The summed E-state index contributed by atoms with van der Waals surface area (Å²) in [6.45, 7) is 1.92. The molecule has 3 aliphatic heterocycles. The molecule has 4 heterocycles. The average molecular weight is 874 g/mol. The predicted molar refractivity (Wildman–Crippen MR) is 221 cm³/mol. The van der Waals surface area contributed by atoms with Crippen molar-refractivity contribution in [3.05, 3.63) is 65.9 Å². The Morgan fingerprint density at radius 2 is 1.59 bits per heavy atom. The summed E-state index contributed by atoms with van der Waals surface area (Å²) in [6.07, 6.45) is 0.415. The number of likely N-dealkylation sites (tertiary alicyclic amines) is 1. The molecule has 0 aliphatic carbocycles. The lowest BCUT2D eigenvalue weighted by atomic mass is 10.0. The zero-order chi connectivity index (χ0) is 45.5. The Morgan fingerprint density at radius 1 is 0.857 bits per heavy atom. The first-order valence-electron chi connectivity index (χ1n) is 20.6. The van der Waals surface area contributed by atoms with Crippen molar-refractivity contribution in [1.29, 1.82) is 0 Å². The highest BCUT2D eigenvalue weighted by molar-refractivity contribution is 5.99. The Bertz CT molecular complexity index is 2280. The van der Waals surface area contributed by atoms with Crippen molar-refractivity contribution in [3.63, 3.8) is 0 Å². The van der Waals surface area contributed by atoms with Crippen LogP contribution in [0.3, 0.4) is 0 Å². The van der Waals surface area contributed by atoms with Crippen LogP contribution in [0.4, 0.5) is 0 Å². The monoisotopic (exact) mass is 873 g/mol. The third kappa shape index (κ3) is 10.7. The lowest BCUT2D eigenvalue weighted by molar-refractivity contribution is -0.142. The summed E-state index contributed by atoms with van der Waals surface area (Å²) in [5, 5.41) is 48.3. The number of aliphatic carboxylic acids is 1. The van der Waals surface area contributed by atoms with Gasteiger partial charge in [-0.1, -0.05) is 44.2 Å². The molecule has 2 saturated heterocycles. The van der Waals surface area contributed by atoms with E-state index < -0.39 is 109 Å². The molecule has 21 nitrogen and oxygen atoms in total. The number of carbonyl (C=O) groups is 9. The molecule has 7 atom stereocenters. The number of nitrogens with zero attached hydrogens (tertiary/aromatic N) is 2. The van der Waals surface area contributed by atoms with Crippen molar-refractivity contribution in [2.24, 2.45) is 5.92 Å². The van der Waals surface area contributed by atoms with Crippen molar-refractivity contribution in [2.45, 2.75) is 94.8 Å². The molecule has 21 heteroatoms. The highest BCUT2D eigenvalue weighted by atomic mass is 16.4. The lowest BCUT2D eigenvalue weighted by Gasteiger charge is -2.30. The molecular formula is C42H51N9O12. The Balaban J connectivity index is 1.39. The zero-order valence-corrected chi connectivity index (χ0v) is 34.6. The van der Waals surface area contributed by atoms with Crippen LogP contribution in [-0.4, -0.2) is 134 Å². The molecule has 3 aliphatic rings. The minimum absolute atomic E-state index is 0.0566. The Morgan fingerprint density at radius 3 is 2.25 bits per heavy atom. The number of hydrogen-bond acceptors (Lipinski definition) is 11. The molecule has 0 unspecified atom stereocenters. The lowest BCUT2D eigenvalue weighted by Crippen LogP contribution is -2.58. The van der Waals surface area contributed by atoms with Gasteiger partial charge in [0, 0.05) is 37.4 Å². The number of rotatable bonds is 10. The van der Waals surface area contributed by atoms with E-state index in [1.54, 1.807) is 38.1 Å². The first kappa shape index (κ1) is 45.5. The van der Waals surface area contributed by atoms with Gasteiger partial charge in [0.15, 0.2) is 6.17 Å². The summed E-state index contributed by atoms with van der Waals surface area (Å²) >= 11 is 0. The van der Waals surface area contributed by atoms with Gasteiger partial charge in [-0.2, -0.15) is 0 Å². The molecule has 63 heavy (non-hydrogen) atoms. The topological polar surface area (TPSA) is 307 Å². The van der Waals surface area contributed by atoms with Crippen LogP contribution >= 0.6 is 0 Å². The Labute approximate surface area is 360 Å². The van der Waals surface area contributed by atoms with Gasteiger partial charge in [0.1, 0.15) is 42.0 Å². The van der Waals surface area contributed by atoms with Gasteiger partial charge in [0.05, 0.1) is 18.7 Å². The number of nitrogens with one attached hydrogen (secondary N) is 7. The largest absolute Gasteiger partial charge is 0.508 e. The molecule has 2 aromatic carbocycles. The highest BCUT2D eigenvalue weighted by Gasteiger charge is 2.41. The average Bonchev–Trinajstić information content (AvgIpc) is 4.01. The van der Waals surface area contributed by atoms with Crippen LogP contribution in [0.1, 0.15) is 56.8 Å². The fourth-order valence-corrected chi connectivity index (χ4v) is 7.97. The smallest absolute Gasteiger partial charge is 0.326 e. The quantitative estimate of drug-likeness (QED) is 0.104. The third-order valence-electron chi connectivity index (χ3n) is 11.3. The maximum atomic E-state index is 14.7. The first-order chi connectivity index (χ1) is 30.0. The van der Waals surface area contributed by atoms with E-state index in [1.165, 1.54) is 39.9 Å². The third-order valence-corrected chi connectivity index (χ3v) is 11.3. The molecule has 0 saturated carbocycles. The van der Waals surface area contributed by atoms with Crippen LogP contribution in [0.15, 0.2) is 54.7 Å². The van der Waals surface area contributed by atoms with Crippen LogP contribution in [0.2, 0.25) is 0 Å². The summed E-state index contributed by atoms with van der Waals surface area (Å²) < 4.78 is 1.36. The van der Waals surface area contributed by atoms with Crippen molar-refractivity contribution in [2.75, 3.05) is 19.7 Å². The maximum Gasteiger partial charge on any atom is 0.326 e. The summed E-state index contributed by atoms with van der Waals surface area (Å²) in [5.74, 6) is -7.98. The van der Waals surface area contributed by atoms with Gasteiger partial charge in [-0.05, 0) is 54.5 Å². The summed E-state index contributed by atoms with van der Waals surface area (Å²) in [6, 6.07) is 4.74. The Kier molecular flexibility index (Phi) is 14.3. The second-order valence-corrected chi connectivity index (χ2v) is 16.1. The van der Waals surface area contributed by atoms with Crippen molar-refractivity contribution < 1.29 is 58.5 Å². The predicted octanol–water partition coefficient (Wildman–Crippen LogP) is -2.18. The fourth-order valence-electron chi connectivity index (χ4n) is 7.97. The number of carboxylic acids is 1. The van der Waals surface area contributed by atoms with E-state index in [4.69, 9.17) is 0 Å². The van der Waals surface area contributed by atoms with Crippen LogP contribution in [0.25, 0.3) is 10.9 Å². The first-order valence-corrected chi connectivity index (χ1v) is 20.6. The van der Waals surface area contributed by atoms with Crippen LogP contribution in [-0.2, 0) is 56.0 Å². The normalized spacial score (nSPS) is 24.1. The number of benzene rings is 2. The molecule has 8 amide bonds. The number of aliphatic hydroxyl groups excluding tert-OH is 1. The molecule has 0 radical (unpaired) electrons.